The van der Waals surface area contributed by atoms with Crippen LogP contribution >= 0.6 is 11.3 Å². The number of hydrogen-bond donors (Lipinski definition) is 2. The molecule has 1 atom stereocenters. The van der Waals surface area contributed by atoms with Gasteiger partial charge in [-0.1, -0.05) is 18.3 Å². The van der Waals surface area contributed by atoms with Gasteiger partial charge in [0.25, 0.3) is 0 Å². The number of pyridine rings is 1. The lowest BCUT2D eigenvalue weighted by atomic mass is 10.1. The van der Waals surface area contributed by atoms with Gasteiger partial charge >= 0.3 is 0 Å². The van der Waals surface area contributed by atoms with Gasteiger partial charge in [0.05, 0.1) is 25.4 Å². The second kappa shape index (κ2) is 9.07. The molecule has 0 spiro atoms. The number of amides is 2. The highest BCUT2D eigenvalue weighted by molar-refractivity contribution is 7.15. The van der Waals surface area contributed by atoms with Crippen LogP contribution in [0.3, 0.4) is 0 Å². The van der Waals surface area contributed by atoms with Gasteiger partial charge in [0, 0.05) is 24.8 Å². The molecule has 2 amide bonds. The van der Waals surface area contributed by atoms with E-state index in [9.17, 15) is 9.59 Å². The van der Waals surface area contributed by atoms with Crippen molar-refractivity contribution in [1.29, 1.82) is 0 Å². The topological polar surface area (TPSA) is 109 Å². The van der Waals surface area contributed by atoms with Crippen molar-refractivity contribution >= 4 is 34.0 Å². The molecule has 1 unspecified atom stereocenters. The molecule has 1 fully saturated rings. The Morgan fingerprint density at radius 3 is 2.89 bits per heavy atom. The Hall–Kier alpha value is -2.59. The highest BCUT2D eigenvalue weighted by Crippen LogP contribution is 2.26. The van der Waals surface area contributed by atoms with E-state index < -0.39 is 0 Å². The summed E-state index contributed by atoms with van der Waals surface area (Å²) in [5.74, 6) is -0.354. The van der Waals surface area contributed by atoms with Crippen LogP contribution in [0.25, 0.3) is 0 Å². The number of aromatic nitrogens is 3. The predicted molar refractivity (Wildman–Crippen MR) is 106 cm³/mol. The number of morpholine rings is 1. The number of ether oxygens (including phenoxy) is 1. The Morgan fingerprint density at radius 1 is 1.36 bits per heavy atom. The van der Waals surface area contributed by atoms with E-state index in [2.05, 4.69) is 25.8 Å². The summed E-state index contributed by atoms with van der Waals surface area (Å²) >= 11 is 1.51. The van der Waals surface area contributed by atoms with E-state index in [1.165, 1.54) is 18.3 Å². The van der Waals surface area contributed by atoms with Crippen LogP contribution in [-0.2, 0) is 20.7 Å². The van der Waals surface area contributed by atoms with Crippen LogP contribution < -0.4 is 10.6 Å². The average molecular weight is 404 g/mol. The maximum absolute atomic E-state index is 12.3. The Bertz CT molecular complexity index is 856. The zero-order chi connectivity index (χ0) is 20.1. The summed E-state index contributed by atoms with van der Waals surface area (Å²) in [4.78, 5) is 29.6. The molecule has 0 radical (unpaired) electrons. The summed E-state index contributed by atoms with van der Waals surface area (Å²) in [6.45, 7) is 6.65. The Labute approximate surface area is 167 Å². The summed E-state index contributed by atoms with van der Waals surface area (Å²) in [7, 11) is 0. The maximum atomic E-state index is 12.3. The molecule has 2 aromatic heterocycles. The minimum absolute atomic E-state index is 0.00703. The predicted octanol–water partition coefficient (Wildman–Crippen LogP) is 1.58. The van der Waals surface area contributed by atoms with Gasteiger partial charge in [-0.2, -0.15) is 0 Å². The summed E-state index contributed by atoms with van der Waals surface area (Å²) < 4.78 is 5.85. The first-order valence-electron chi connectivity index (χ1n) is 9.16. The first kappa shape index (κ1) is 20.2. The van der Waals surface area contributed by atoms with E-state index in [-0.39, 0.29) is 24.5 Å². The normalized spacial score (nSPS) is 16.7. The molecule has 0 bridgehead atoms. The van der Waals surface area contributed by atoms with Gasteiger partial charge in [-0.15, -0.1) is 10.2 Å². The highest BCUT2D eigenvalue weighted by atomic mass is 32.1. The Morgan fingerprint density at radius 2 is 2.18 bits per heavy atom. The van der Waals surface area contributed by atoms with Crippen molar-refractivity contribution in [3.05, 3.63) is 28.5 Å². The lowest BCUT2D eigenvalue weighted by Gasteiger charge is -2.33. The maximum Gasteiger partial charge on any atom is 0.242 e. The standard InChI is InChI=1S/C18H24N6O3S/c1-4-16-22-23-18(28-16)21-13-7-11(2)20-14(8-13)15-10-24(5-6-27-15)17(26)9-19-12(3)25/h7-8,15H,4-6,9-10H2,1-3H3,(H,19,25)(H,20,21,23). The minimum Gasteiger partial charge on any atom is -0.368 e. The van der Waals surface area contributed by atoms with Gasteiger partial charge in [0.1, 0.15) is 11.1 Å². The molecule has 0 saturated carbocycles. The van der Waals surface area contributed by atoms with Crippen molar-refractivity contribution < 1.29 is 14.3 Å². The van der Waals surface area contributed by atoms with E-state index in [0.29, 0.717) is 19.7 Å². The number of anilines is 2. The second-order valence-corrected chi connectivity index (χ2v) is 7.57. The number of hydrogen-bond acceptors (Lipinski definition) is 8. The fraction of sp³-hybridized carbons (Fsp3) is 0.500. The van der Waals surface area contributed by atoms with Crippen LogP contribution in [-0.4, -0.2) is 58.1 Å². The van der Waals surface area contributed by atoms with Crippen LogP contribution in [0.2, 0.25) is 0 Å². The van der Waals surface area contributed by atoms with E-state index in [1.807, 2.05) is 26.0 Å². The molecule has 2 aromatic rings. The summed E-state index contributed by atoms with van der Waals surface area (Å²) in [6, 6.07) is 3.84. The van der Waals surface area contributed by atoms with Crippen LogP contribution in [0.5, 0.6) is 0 Å². The van der Waals surface area contributed by atoms with Crippen LogP contribution in [0, 0.1) is 6.92 Å². The average Bonchev–Trinajstić information content (AvgIpc) is 3.13. The lowest BCUT2D eigenvalue weighted by molar-refractivity contribution is -0.139. The van der Waals surface area contributed by atoms with Crippen molar-refractivity contribution in [2.24, 2.45) is 0 Å². The largest absolute Gasteiger partial charge is 0.368 e. The number of aryl methyl sites for hydroxylation is 2. The lowest BCUT2D eigenvalue weighted by Crippen LogP contribution is -2.46. The molecular weight excluding hydrogens is 380 g/mol. The Kier molecular flexibility index (Phi) is 6.53. The molecule has 28 heavy (non-hydrogen) atoms. The third-order valence-electron chi connectivity index (χ3n) is 4.23. The van der Waals surface area contributed by atoms with Crippen molar-refractivity contribution in [2.75, 3.05) is 31.6 Å². The van der Waals surface area contributed by atoms with Crippen LogP contribution in [0.4, 0.5) is 10.8 Å². The van der Waals surface area contributed by atoms with Gasteiger partial charge in [-0.05, 0) is 25.5 Å². The van der Waals surface area contributed by atoms with Gasteiger partial charge in [-0.3, -0.25) is 14.6 Å². The first-order valence-corrected chi connectivity index (χ1v) is 9.98. The van der Waals surface area contributed by atoms with Crippen molar-refractivity contribution in [3.8, 4) is 0 Å². The van der Waals surface area contributed by atoms with E-state index in [0.717, 1.165) is 33.6 Å². The molecule has 1 aliphatic heterocycles. The smallest absolute Gasteiger partial charge is 0.242 e. The SMILES string of the molecule is CCc1nnc(Nc2cc(C)nc(C3CN(C(=O)CNC(C)=O)CCO3)c2)s1. The van der Waals surface area contributed by atoms with Crippen LogP contribution in [0.15, 0.2) is 12.1 Å². The van der Waals surface area contributed by atoms with Gasteiger partial charge < -0.3 is 20.3 Å². The minimum atomic E-state index is -0.323. The molecule has 2 N–H and O–H groups in total. The van der Waals surface area contributed by atoms with Crippen molar-refractivity contribution in [1.82, 2.24) is 25.4 Å². The Balaban J connectivity index is 1.70. The first-order chi connectivity index (χ1) is 13.4. The molecule has 3 heterocycles. The zero-order valence-corrected chi connectivity index (χ0v) is 17.0. The third kappa shape index (κ3) is 5.23. The molecule has 10 heteroatoms. The van der Waals surface area contributed by atoms with E-state index in [4.69, 9.17) is 4.74 Å². The van der Waals surface area contributed by atoms with Crippen molar-refractivity contribution in [2.45, 2.75) is 33.3 Å². The summed E-state index contributed by atoms with van der Waals surface area (Å²) in [5, 5.41) is 15.8. The molecule has 9 nitrogen and oxygen atoms in total. The summed E-state index contributed by atoms with van der Waals surface area (Å²) in [6.07, 6.45) is 0.522. The molecule has 1 saturated heterocycles. The number of rotatable bonds is 6. The molecule has 0 aliphatic carbocycles. The van der Waals surface area contributed by atoms with Gasteiger partial charge in [0.2, 0.25) is 16.9 Å². The van der Waals surface area contributed by atoms with Crippen LogP contribution in [0.1, 0.15) is 36.3 Å². The van der Waals surface area contributed by atoms with E-state index >= 15 is 0 Å². The second-order valence-electron chi connectivity index (χ2n) is 6.51. The fourth-order valence-corrected chi connectivity index (χ4v) is 3.57. The zero-order valence-electron chi connectivity index (χ0n) is 16.2. The number of carbonyl (C=O) groups is 2. The molecule has 1 aliphatic rings. The molecule has 3 rings (SSSR count). The van der Waals surface area contributed by atoms with Crippen molar-refractivity contribution in [3.63, 3.8) is 0 Å². The van der Waals surface area contributed by atoms with Gasteiger partial charge in [0.15, 0.2) is 0 Å². The quantitative estimate of drug-likeness (QED) is 0.752. The number of nitrogens with one attached hydrogen (secondary N) is 2. The third-order valence-corrected chi connectivity index (χ3v) is 5.21. The number of nitrogens with zero attached hydrogens (tertiary/aromatic N) is 4. The van der Waals surface area contributed by atoms with E-state index in [1.54, 1.807) is 4.90 Å². The molecule has 0 aromatic carbocycles. The highest BCUT2D eigenvalue weighted by Gasteiger charge is 2.26. The monoisotopic (exact) mass is 404 g/mol. The molecule has 150 valence electrons. The molecular formula is C18H24N6O3S. The fourth-order valence-electron chi connectivity index (χ4n) is 2.87. The summed E-state index contributed by atoms with van der Waals surface area (Å²) in [5.41, 5.74) is 2.44. The van der Waals surface area contributed by atoms with Gasteiger partial charge in [-0.25, -0.2) is 0 Å². The number of carbonyl (C=O) groups excluding carboxylic acids is 2.